The lowest BCUT2D eigenvalue weighted by atomic mass is 10.0. The zero-order valence-electron chi connectivity index (χ0n) is 11.8. The van der Waals surface area contributed by atoms with Crippen LogP contribution in [0, 0.1) is 5.92 Å². The second-order valence-corrected chi connectivity index (χ2v) is 5.43. The van der Waals surface area contributed by atoms with Crippen LogP contribution in [0.2, 0.25) is 0 Å². The molecule has 1 aromatic rings. The van der Waals surface area contributed by atoms with E-state index in [0.717, 1.165) is 18.8 Å². The van der Waals surface area contributed by atoms with Gasteiger partial charge in [-0.1, -0.05) is 19.8 Å². The summed E-state index contributed by atoms with van der Waals surface area (Å²) < 4.78 is 0. The van der Waals surface area contributed by atoms with Gasteiger partial charge in [-0.15, -0.1) is 0 Å². The molecule has 1 aliphatic carbocycles. The van der Waals surface area contributed by atoms with Gasteiger partial charge in [0.2, 0.25) is 0 Å². The number of aromatic nitrogens is 1. The second kappa shape index (κ2) is 6.55. The molecular formula is C15H23N3O. The minimum absolute atomic E-state index is 0.0167. The third-order valence-electron chi connectivity index (χ3n) is 3.88. The Morgan fingerprint density at radius 2 is 2.16 bits per heavy atom. The first kappa shape index (κ1) is 13.8. The van der Waals surface area contributed by atoms with Crippen LogP contribution < -0.4 is 10.6 Å². The lowest BCUT2D eigenvalue weighted by Gasteiger charge is -2.17. The van der Waals surface area contributed by atoms with Gasteiger partial charge in [-0.25, -0.2) is 4.98 Å². The molecule has 2 rings (SSSR count). The standard InChI is InChI=1S/C15H23N3O/c1-11-5-3-6-12(9-8-11)18-15(19)13-7-4-10-17-14(13)16-2/h4,7,10-12H,3,5-6,8-9H2,1-2H3,(H,16,17)(H,18,19). The minimum atomic E-state index is -0.0167. The van der Waals surface area contributed by atoms with Crippen LogP contribution in [-0.2, 0) is 0 Å². The van der Waals surface area contributed by atoms with Crippen LogP contribution >= 0.6 is 0 Å². The molecule has 0 aliphatic heterocycles. The van der Waals surface area contributed by atoms with Crippen molar-refractivity contribution < 1.29 is 4.79 Å². The summed E-state index contributed by atoms with van der Waals surface area (Å²) in [5.74, 6) is 1.41. The number of amides is 1. The summed E-state index contributed by atoms with van der Waals surface area (Å²) in [7, 11) is 1.78. The fraction of sp³-hybridized carbons (Fsp3) is 0.600. The van der Waals surface area contributed by atoms with E-state index < -0.39 is 0 Å². The molecule has 2 N–H and O–H groups in total. The molecule has 0 spiro atoms. The van der Waals surface area contributed by atoms with E-state index in [0.29, 0.717) is 17.4 Å². The number of rotatable bonds is 3. The molecule has 1 fully saturated rings. The van der Waals surface area contributed by atoms with E-state index in [9.17, 15) is 4.79 Å². The van der Waals surface area contributed by atoms with Crippen LogP contribution in [-0.4, -0.2) is 24.0 Å². The maximum Gasteiger partial charge on any atom is 0.255 e. The Morgan fingerprint density at radius 1 is 1.32 bits per heavy atom. The van der Waals surface area contributed by atoms with Crippen LogP contribution in [0.5, 0.6) is 0 Å². The molecule has 1 saturated carbocycles. The number of nitrogens with one attached hydrogen (secondary N) is 2. The Bertz CT molecular complexity index is 433. The zero-order valence-corrected chi connectivity index (χ0v) is 11.8. The molecule has 1 amide bonds. The molecular weight excluding hydrogens is 238 g/mol. The van der Waals surface area contributed by atoms with Crippen LogP contribution in [0.25, 0.3) is 0 Å². The average Bonchev–Trinajstić information content (AvgIpc) is 2.63. The highest BCUT2D eigenvalue weighted by Crippen LogP contribution is 2.23. The molecule has 1 aromatic heterocycles. The largest absolute Gasteiger partial charge is 0.372 e. The summed E-state index contributed by atoms with van der Waals surface area (Å²) >= 11 is 0. The summed E-state index contributed by atoms with van der Waals surface area (Å²) in [6.07, 6.45) is 7.55. The lowest BCUT2D eigenvalue weighted by Crippen LogP contribution is -2.34. The summed E-state index contributed by atoms with van der Waals surface area (Å²) in [4.78, 5) is 16.5. The highest BCUT2D eigenvalue weighted by molar-refractivity contribution is 5.98. The van der Waals surface area contributed by atoms with Crippen molar-refractivity contribution in [2.45, 2.75) is 45.1 Å². The fourth-order valence-electron chi connectivity index (χ4n) is 2.68. The van der Waals surface area contributed by atoms with Crippen molar-refractivity contribution in [1.29, 1.82) is 0 Å². The SMILES string of the molecule is CNc1ncccc1C(=O)NC1CCCC(C)CC1. The molecule has 0 saturated heterocycles. The molecule has 104 valence electrons. The summed E-state index contributed by atoms with van der Waals surface area (Å²) in [6.45, 7) is 2.30. The van der Waals surface area contributed by atoms with E-state index in [1.54, 1.807) is 19.3 Å². The Kier molecular flexibility index (Phi) is 4.77. The topological polar surface area (TPSA) is 54.0 Å². The van der Waals surface area contributed by atoms with Gasteiger partial charge in [-0.05, 0) is 37.3 Å². The molecule has 4 nitrogen and oxygen atoms in total. The Morgan fingerprint density at radius 3 is 2.95 bits per heavy atom. The number of hydrogen-bond acceptors (Lipinski definition) is 3. The molecule has 4 heteroatoms. The van der Waals surface area contributed by atoms with Crippen LogP contribution in [0.1, 0.15) is 49.4 Å². The van der Waals surface area contributed by atoms with Crippen molar-refractivity contribution >= 4 is 11.7 Å². The van der Waals surface area contributed by atoms with E-state index in [1.807, 2.05) is 6.07 Å². The molecule has 0 bridgehead atoms. The third kappa shape index (κ3) is 3.69. The first-order valence-electron chi connectivity index (χ1n) is 7.14. The van der Waals surface area contributed by atoms with Crippen molar-refractivity contribution in [3.05, 3.63) is 23.9 Å². The van der Waals surface area contributed by atoms with Gasteiger partial charge in [-0.3, -0.25) is 4.79 Å². The van der Waals surface area contributed by atoms with Crippen molar-refractivity contribution in [3.63, 3.8) is 0 Å². The number of pyridine rings is 1. The molecule has 0 radical (unpaired) electrons. The first-order valence-corrected chi connectivity index (χ1v) is 7.14. The van der Waals surface area contributed by atoms with Gasteiger partial charge >= 0.3 is 0 Å². The molecule has 2 unspecified atom stereocenters. The molecule has 0 aromatic carbocycles. The minimum Gasteiger partial charge on any atom is -0.372 e. The van der Waals surface area contributed by atoms with Crippen LogP contribution in [0.4, 0.5) is 5.82 Å². The quantitative estimate of drug-likeness (QED) is 0.823. The summed E-state index contributed by atoms with van der Waals surface area (Å²) in [6, 6.07) is 3.92. The third-order valence-corrected chi connectivity index (χ3v) is 3.88. The number of carbonyl (C=O) groups is 1. The van der Waals surface area contributed by atoms with Gasteiger partial charge in [0, 0.05) is 19.3 Å². The average molecular weight is 261 g/mol. The van der Waals surface area contributed by atoms with E-state index in [-0.39, 0.29) is 5.91 Å². The number of nitrogens with zero attached hydrogens (tertiary/aromatic N) is 1. The van der Waals surface area contributed by atoms with E-state index >= 15 is 0 Å². The van der Waals surface area contributed by atoms with Gasteiger partial charge in [0.05, 0.1) is 5.56 Å². The monoisotopic (exact) mass is 261 g/mol. The van der Waals surface area contributed by atoms with Crippen LogP contribution in [0.3, 0.4) is 0 Å². The summed E-state index contributed by atoms with van der Waals surface area (Å²) in [5.41, 5.74) is 0.627. The van der Waals surface area contributed by atoms with E-state index in [4.69, 9.17) is 0 Å². The maximum absolute atomic E-state index is 12.3. The Hall–Kier alpha value is -1.58. The van der Waals surface area contributed by atoms with Crippen molar-refractivity contribution in [1.82, 2.24) is 10.3 Å². The van der Waals surface area contributed by atoms with E-state index in [2.05, 4.69) is 22.5 Å². The number of anilines is 1. The van der Waals surface area contributed by atoms with Crippen LogP contribution in [0.15, 0.2) is 18.3 Å². The number of hydrogen-bond donors (Lipinski definition) is 2. The van der Waals surface area contributed by atoms with Crippen molar-refractivity contribution in [3.8, 4) is 0 Å². The van der Waals surface area contributed by atoms with Gasteiger partial charge in [0.15, 0.2) is 0 Å². The van der Waals surface area contributed by atoms with E-state index in [1.165, 1.54) is 19.3 Å². The second-order valence-electron chi connectivity index (χ2n) is 5.43. The van der Waals surface area contributed by atoms with Gasteiger partial charge in [0.25, 0.3) is 5.91 Å². The highest BCUT2D eigenvalue weighted by atomic mass is 16.1. The van der Waals surface area contributed by atoms with Gasteiger partial charge < -0.3 is 10.6 Å². The molecule has 2 atom stereocenters. The highest BCUT2D eigenvalue weighted by Gasteiger charge is 2.19. The van der Waals surface area contributed by atoms with Gasteiger partial charge in [0.1, 0.15) is 5.82 Å². The molecule has 19 heavy (non-hydrogen) atoms. The molecule has 1 heterocycles. The van der Waals surface area contributed by atoms with Gasteiger partial charge in [-0.2, -0.15) is 0 Å². The predicted octanol–water partition coefficient (Wildman–Crippen LogP) is 2.82. The Balaban J connectivity index is 2.00. The Labute approximate surface area is 115 Å². The first-order chi connectivity index (χ1) is 9.20. The smallest absolute Gasteiger partial charge is 0.255 e. The normalized spacial score (nSPS) is 23.5. The summed E-state index contributed by atoms with van der Waals surface area (Å²) in [5, 5.41) is 6.11. The van der Waals surface area contributed by atoms with Crippen molar-refractivity contribution in [2.75, 3.05) is 12.4 Å². The maximum atomic E-state index is 12.3. The predicted molar refractivity (Wildman–Crippen MR) is 77.3 cm³/mol. The zero-order chi connectivity index (χ0) is 13.7. The number of carbonyl (C=O) groups excluding carboxylic acids is 1. The fourth-order valence-corrected chi connectivity index (χ4v) is 2.68. The molecule has 1 aliphatic rings. The van der Waals surface area contributed by atoms with Crippen molar-refractivity contribution in [2.24, 2.45) is 5.92 Å². The lowest BCUT2D eigenvalue weighted by molar-refractivity contribution is 0.0933.